The van der Waals surface area contributed by atoms with Gasteiger partial charge in [0.1, 0.15) is 5.75 Å². The molecule has 1 aromatic heterocycles. The lowest BCUT2D eigenvalue weighted by molar-refractivity contribution is 0.417. The third kappa shape index (κ3) is 3.87. The van der Waals surface area contributed by atoms with Crippen molar-refractivity contribution >= 4 is 0 Å². The largest absolute Gasteiger partial charge is 0.507 e. The molecule has 0 unspecified atom stereocenters. The van der Waals surface area contributed by atoms with Crippen LogP contribution in [-0.2, 0) is 13.0 Å². The molecule has 2 aromatic carbocycles. The van der Waals surface area contributed by atoms with Crippen molar-refractivity contribution in [2.45, 2.75) is 39.2 Å². The van der Waals surface area contributed by atoms with E-state index in [1.54, 1.807) is 16.9 Å². The van der Waals surface area contributed by atoms with E-state index in [4.69, 9.17) is 0 Å². The van der Waals surface area contributed by atoms with Crippen molar-refractivity contribution in [1.82, 2.24) is 9.78 Å². The molecule has 26 heavy (non-hydrogen) atoms. The Morgan fingerprint density at radius 2 is 1.85 bits per heavy atom. The summed E-state index contributed by atoms with van der Waals surface area (Å²) in [4.78, 5) is 0. The van der Waals surface area contributed by atoms with Gasteiger partial charge in [0, 0.05) is 6.20 Å². The van der Waals surface area contributed by atoms with Crippen molar-refractivity contribution in [1.29, 1.82) is 0 Å². The van der Waals surface area contributed by atoms with Gasteiger partial charge < -0.3 is 10.2 Å². The van der Waals surface area contributed by atoms with E-state index in [1.807, 2.05) is 30.3 Å². The molecule has 3 aromatic rings. The summed E-state index contributed by atoms with van der Waals surface area (Å²) in [6.07, 6.45) is 5.05. The quantitative estimate of drug-likeness (QED) is 0.595. The Morgan fingerprint density at radius 1 is 1.08 bits per heavy atom. The molecule has 4 nitrogen and oxygen atoms in total. The van der Waals surface area contributed by atoms with Gasteiger partial charge in [0.25, 0.3) is 0 Å². The SMILES string of the molecule is CCCCCc1cc(O)c(-c2ccn(Cc3ccccc3)n2)c(O)c1F. The Kier molecular flexibility index (Phi) is 5.56. The van der Waals surface area contributed by atoms with Crippen LogP contribution in [0.3, 0.4) is 0 Å². The Hall–Kier alpha value is -2.82. The van der Waals surface area contributed by atoms with Gasteiger partial charge >= 0.3 is 0 Å². The topological polar surface area (TPSA) is 58.3 Å². The first-order valence-electron chi connectivity index (χ1n) is 8.91. The number of nitrogens with zero attached hydrogens (tertiary/aromatic N) is 2. The van der Waals surface area contributed by atoms with Crippen LogP contribution in [0.25, 0.3) is 11.3 Å². The number of phenolic OH excluding ortho intramolecular Hbond substituents is 2. The number of phenols is 2. The van der Waals surface area contributed by atoms with Gasteiger partial charge in [-0.1, -0.05) is 50.1 Å². The summed E-state index contributed by atoms with van der Waals surface area (Å²) < 4.78 is 16.2. The number of unbranched alkanes of at least 4 members (excludes halogenated alkanes) is 2. The van der Waals surface area contributed by atoms with Crippen molar-refractivity contribution in [2.24, 2.45) is 0 Å². The van der Waals surface area contributed by atoms with Crippen molar-refractivity contribution in [3.05, 3.63) is 65.6 Å². The molecule has 0 spiro atoms. The van der Waals surface area contributed by atoms with Crippen LogP contribution in [0, 0.1) is 5.82 Å². The maximum absolute atomic E-state index is 14.5. The molecule has 1 heterocycles. The number of hydrogen-bond donors (Lipinski definition) is 2. The fourth-order valence-electron chi connectivity index (χ4n) is 3.04. The summed E-state index contributed by atoms with van der Waals surface area (Å²) in [6.45, 7) is 2.63. The highest BCUT2D eigenvalue weighted by Gasteiger charge is 2.20. The second kappa shape index (κ2) is 8.04. The molecule has 5 heteroatoms. The van der Waals surface area contributed by atoms with E-state index in [-0.39, 0.29) is 11.3 Å². The molecule has 0 atom stereocenters. The third-order valence-electron chi connectivity index (χ3n) is 4.43. The molecule has 0 bridgehead atoms. The highest BCUT2D eigenvalue weighted by atomic mass is 19.1. The van der Waals surface area contributed by atoms with Crippen LogP contribution in [0.1, 0.15) is 37.3 Å². The van der Waals surface area contributed by atoms with Gasteiger partial charge in [0.15, 0.2) is 11.6 Å². The van der Waals surface area contributed by atoms with Crippen molar-refractivity contribution < 1.29 is 14.6 Å². The Morgan fingerprint density at radius 3 is 2.58 bits per heavy atom. The Balaban J connectivity index is 1.86. The molecule has 3 rings (SSSR count). The Bertz CT molecular complexity index is 875. The molecule has 136 valence electrons. The lowest BCUT2D eigenvalue weighted by atomic mass is 10.0. The molecule has 0 radical (unpaired) electrons. The average Bonchev–Trinajstić information content (AvgIpc) is 3.08. The van der Waals surface area contributed by atoms with Gasteiger partial charge in [-0.2, -0.15) is 5.10 Å². The fraction of sp³-hybridized carbons (Fsp3) is 0.286. The summed E-state index contributed by atoms with van der Waals surface area (Å²) in [5, 5.41) is 25.0. The number of hydrogen-bond acceptors (Lipinski definition) is 3. The van der Waals surface area contributed by atoms with E-state index in [2.05, 4.69) is 12.0 Å². The zero-order valence-corrected chi connectivity index (χ0v) is 14.8. The highest BCUT2D eigenvalue weighted by Crippen LogP contribution is 2.40. The van der Waals surface area contributed by atoms with Crippen LogP contribution < -0.4 is 0 Å². The molecule has 0 saturated heterocycles. The first-order chi connectivity index (χ1) is 12.6. The zero-order chi connectivity index (χ0) is 18.5. The van der Waals surface area contributed by atoms with E-state index in [1.165, 1.54) is 6.07 Å². The van der Waals surface area contributed by atoms with E-state index in [0.29, 0.717) is 24.2 Å². The minimum atomic E-state index is -0.675. The van der Waals surface area contributed by atoms with Crippen molar-refractivity contribution in [2.75, 3.05) is 0 Å². The molecule has 0 aliphatic carbocycles. The second-order valence-electron chi connectivity index (χ2n) is 6.43. The molecule has 2 N–H and O–H groups in total. The van der Waals surface area contributed by atoms with Gasteiger partial charge in [-0.15, -0.1) is 0 Å². The first-order valence-corrected chi connectivity index (χ1v) is 8.91. The maximum Gasteiger partial charge on any atom is 0.168 e. The van der Waals surface area contributed by atoms with Crippen LogP contribution in [0.5, 0.6) is 11.5 Å². The molecule has 0 amide bonds. The number of aryl methyl sites for hydroxylation is 1. The summed E-state index contributed by atoms with van der Waals surface area (Å²) >= 11 is 0. The number of halogens is 1. The lowest BCUT2D eigenvalue weighted by Crippen LogP contribution is -2.00. The van der Waals surface area contributed by atoms with Crippen molar-refractivity contribution in [3.8, 4) is 22.8 Å². The normalized spacial score (nSPS) is 11.0. The van der Waals surface area contributed by atoms with E-state index < -0.39 is 11.6 Å². The van der Waals surface area contributed by atoms with Crippen molar-refractivity contribution in [3.63, 3.8) is 0 Å². The predicted octanol–water partition coefficient (Wildman–Crippen LogP) is 4.88. The second-order valence-corrected chi connectivity index (χ2v) is 6.43. The highest BCUT2D eigenvalue weighted by molar-refractivity contribution is 5.74. The minimum absolute atomic E-state index is 0.0357. The lowest BCUT2D eigenvalue weighted by Gasteiger charge is -2.11. The van der Waals surface area contributed by atoms with E-state index >= 15 is 0 Å². The average molecular weight is 354 g/mol. The van der Waals surface area contributed by atoms with Crippen LogP contribution >= 0.6 is 0 Å². The first kappa shape index (κ1) is 18.0. The number of aromatic hydroxyl groups is 2. The van der Waals surface area contributed by atoms with Gasteiger partial charge in [-0.3, -0.25) is 4.68 Å². The zero-order valence-electron chi connectivity index (χ0n) is 14.8. The molecule has 0 aliphatic rings. The summed E-state index contributed by atoms with van der Waals surface area (Å²) in [6, 6.07) is 12.9. The molecule has 0 aliphatic heterocycles. The summed E-state index contributed by atoms with van der Waals surface area (Å²) in [7, 11) is 0. The number of benzene rings is 2. The van der Waals surface area contributed by atoms with E-state index in [9.17, 15) is 14.6 Å². The smallest absolute Gasteiger partial charge is 0.168 e. The van der Waals surface area contributed by atoms with Gasteiger partial charge in [0.05, 0.1) is 17.8 Å². The molecule has 0 fully saturated rings. The maximum atomic E-state index is 14.5. The standard InChI is InChI=1S/C21H23FN2O2/c1-2-3-5-10-16-13-18(25)19(21(26)20(16)22)17-11-12-24(23-17)14-15-8-6-4-7-9-15/h4,6-9,11-13,25-26H,2-3,5,10,14H2,1H3. The van der Waals surface area contributed by atoms with Crippen LogP contribution in [0.2, 0.25) is 0 Å². The van der Waals surface area contributed by atoms with Gasteiger partial charge in [0.2, 0.25) is 0 Å². The van der Waals surface area contributed by atoms with Crippen LogP contribution in [-0.4, -0.2) is 20.0 Å². The van der Waals surface area contributed by atoms with Crippen LogP contribution in [0.4, 0.5) is 4.39 Å². The molecular formula is C21H23FN2O2. The van der Waals surface area contributed by atoms with Gasteiger partial charge in [-0.25, -0.2) is 4.39 Å². The monoisotopic (exact) mass is 354 g/mol. The summed E-state index contributed by atoms with van der Waals surface area (Å²) in [5.74, 6) is -1.37. The number of aromatic nitrogens is 2. The summed E-state index contributed by atoms with van der Waals surface area (Å²) in [5.41, 5.74) is 1.79. The third-order valence-corrected chi connectivity index (χ3v) is 4.43. The molecular weight excluding hydrogens is 331 g/mol. The van der Waals surface area contributed by atoms with Gasteiger partial charge in [-0.05, 0) is 36.1 Å². The van der Waals surface area contributed by atoms with E-state index in [0.717, 1.165) is 24.8 Å². The minimum Gasteiger partial charge on any atom is -0.507 e. The Labute approximate surface area is 152 Å². The molecule has 0 saturated carbocycles. The predicted molar refractivity (Wildman–Crippen MR) is 99.7 cm³/mol. The number of rotatable bonds is 7. The van der Waals surface area contributed by atoms with Crippen LogP contribution in [0.15, 0.2) is 48.7 Å². The fourth-order valence-corrected chi connectivity index (χ4v) is 3.04.